The van der Waals surface area contributed by atoms with E-state index in [1.54, 1.807) is 4.90 Å². The van der Waals surface area contributed by atoms with Crippen LogP contribution in [-0.4, -0.2) is 41.8 Å². The highest BCUT2D eigenvalue weighted by molar-refractivity contribution is 9.11. The molecule has 6 heteroatoms. The zero-order chi connectivity index (χ0) is 14.4. The number of amides is 1. The largest absolute Gasteiger partial charge is 0.466 e. The maximum absolute atomic E-state index is 12.2. The molecule has 2 aliphatic rings. The number of carbonyl (C=O) groups is 2. The zero-order valence-corrected chi connectivity index (χ0v) is 13.1. The first-order chi connectivity index (χ1) is 8.76. The molecule has 0 aromatic carbocycles. The van der Waals surface area contributed by atoms with Crippen LogP contribution in [0.15, 0.2) is 10.1 Å². The van der Waals surface area contributed by atoms with E-state index in [0.29, 0.717) is 5.57 Å². The number of rotatable bonds is 1. The summed E-state index contributed by atoms with van der Waals surface area (Å²) in [6, 6.07) is -0.337. The van der Waals surface area contributed by atoms with Gasteiger partial charge in [0, 0.05) is 4.48 Å². The van der Waals surface area contributed by atoms with E-state index < -0.39 is 5.60 Å². The van der Waals surface area contributed by atoms with Crippen molar-refractivity contribution in [2.45, 2.75) is 51.3 Å². The molecular formula is C13H18BrNO4. The molecule has 0 aliphatic carbocycles. The van der Waals surface area contributed by atoms with Crippen LogP contribution in [0.5, 0.6) is 0 Å². The number of ether oxygens (including phenoxy) is 2. The molecular weight excluding hydrogens is 314 g/mol. The van der Waals surface area contributed by atoms with Crippen LogP contribution in [0.3, 0.4) is 0 Å². The molecule has 5 nitrogen and oxygen atoms in total. The maximum atomic E-state index is 12.2. The predicted molar refractivity (Wildman–Crippen MR) is 72.9 cm³/mol. The van der Waals surface area contributed by atoms with Crippen LogP contribution in [-0.2, 0) is 14.3 Å². The van der Waals surface area contributed by atoms with E-state index in [4.69, 9.17) is 9.47 Å². The Bertz CT molecular complexity index is 452. The molecule has 19 heavy (non-hydrogen) atoms. The quantitative estimate of drug-likeness (QED) is 0.693. The fraction of sp³-hybridized carbons (Fsp3) is 0.692. The van der Waals surface area contributed by atoms with Crippen molar-refractivity contribution in [3.63, 3.8) is 0 Å². The molecule has 0 saturated carbocycles. The number of halogens is 1. The summed E-state index contributed by atoms with van der Waals surface area (Å²) in [6.45, 7) is 5.48. The minimum atomic E-state index is -0.545. The van der Waals surface area contributed by atoms with E-state index in [1.807, 2.05) is 20.8 Å². The second-order valence-corrected chi connectivity index (χ2v) is 6.60. The Morgan fingerprint density at radius 2 is 1.84 bits per heavy atom. The monoisotopic (exact) mass is 331 g/mol. The van der Waals surface area contributed by atoms with Gasteiger partial charge in [0.25, 0.3) is 0 Å². The summed E-state index contributed by atoms with van der Waals surface area (Å²) in [5.74, 6) is -0.382. The van der Waals surface area contributed by atoms with Crippen LogP contribution in [0, 0.1) is 0 Å². The summed E-state index contributed by atoms with van der Waals surface area (Å²) in [4.78, 5) is 25.6. The van der Waals surface area contributed by atoms with Gasteiger partial charge in [-0.25, -0.2) is 9.59 Å². The Labute approximate surface area is 121 Å². The molecule has 2 bridgehead atoms. The highest BCUT2D eigenvalue weighted by Gasteiger charge is 2.51. The molecule has 2 rings (SSSR count). The molecule has 2 unspecified atom stereocenters. The van der Waals surface area contributed by atoms with E-state index in [2.05, 4.69) is 15.9 Å². The maximum Gasteiger partial charge on any atom is 0.411 e. The molecule has 0 aromatic rings. The Morgan fingerprint density at radius 1 is 1.26 bits per heavy atom. The van der Waals surface area contributed by atoms with E-state index in [-0.39, 0.29) is 24.1 Å². The molecule has 0 radical (unpaired) electrons. The zero-order valence-electron chi connectivity index (χ0n) is 11.5. The standard InChI is InChI=1S/C13H18BrNO4/c1-13(2,3)19-12(17)15-7-5-6-8(15)10(14)9(7)11(16)18-4/h7-8H,5-6H2,1-4H3. The average Bonchev–Trinajstić information content (AvgIpc) is 2.81. The number of esters is 1. The van der Waals surface area contributed by atoms with Crippen molar-refractivity contribution >= 4 is 28.0 Å². The van der Waals surface area contributed by atoms with E-state index in [0.717, 1.165) is 17.3 Å². The summed E-state index contributed by atoms with van der Waals surface area (Å²) in [5.41, 5.74) is 0.00131. The SMILES string of the molecule is COC(=O)C1=C(Br)C2CCC1N2C(=O)OC(C)(C)C. The number of carbonyl (C=O) groups excluding carboxylic acids is 2. The van der Waals surface area contributed by atoms with Gasteiger partial charge in [-0.2, -0.15) is 0 Å². The fourth-order valence-corrected chi connectivity index (χ4v) is 3.47. The smallest absolute Gasteiger partial charge is 0.411 e. The first-order valence-corrected chi connectivity index (χ1v) is 7.04. The Hall–Kier alpha value is -1.04. The van der Waals surface area contributed by atoms with E-state index in [1.165, 1.54) is 7.11 Å². The van der Waals surface area contributed by atoms with Gasteiger partial charge in [-0.15, -0.1) is 0 Å². The minimum Gasteiger partial charge on any atom is -0.466 e. The molecule has 2 heterocycles. The summed E-state index contributed by atoms with van der Waals surface area (Å²) in [7, 11) is 1.35. The lowest BCUT2D eigenvalue weighted by Crippen LogP contribution is -2.41. The van der Waals surface area contributed by atoms with Crippen LogP contribution in [0.1, 0.15) is 33.6 Å². The molecule has 1 fully saturated rings. The highest BCUT2D eigenvalue weighted by atomic mass is 79.9. The fourth-order valence-electron chi connectivity index (χ4n) is 2.59. The molecule has 0 N–H and O–H groups in total. The minimum absolute atomic E-state index is 0.103. The lowest BCUT2D eigenvalue weighted by molar-refractivity contribution is -0.136. The molecule has 2 atom stereocenters. The van der Waals surface area contributed by atoms with Crippen LogP contribution in [0.2, 0.25) is 0 Å². The van der Waals surface area contributed by atoms with Gasteiger partial charge in [0.05, 0.1) is 24.8 Å². The van der Waals surface area contributed by atoms with Crippen molar-refractivity contribution in [2.24, 2.45) is 0 Å². The van der Waals surface area contributed by atoms with Crippen molar-refractivity contribution in [2.75, 3.05) is 7.11 Å². The first-order valence-electron chi connectivity index (χ1n) is 6.25. The first kappa shape index (κ1) is 14.4. The molecule has 0 spiro atoms. The summed E-state index contributed by atoms with van der Waals surface area (Å²) < 4.78 is 10.9. The highest BCUT2D eigenvalue weighted by Crippen LogP contribution is 2.45. The van der Waals surface area contributed by atoms with Crippen molar-refractivity contribution < 1.29 is 19.1 Å². The lowest BCUT2D eigenvalue weighted by Gasteiger charge is -2.28. The molecule has 0 aromatic heterocycles. The second-order valence-electron chi connectivity index (χ2n) is 5.75. The molecule has 1 saturated heterocycles. The van der Waals surface area contributed by atoms with Crippen LogP contribution in [0.4, 0.5) is 4.79 Å². The van der Waals surface area contributed by atoms with Gasteiger partial charge in [0.15, 0.2) is 0 Å². The van der Waals surface area contributed by atoms with E-state index in [9.17, 15) is 9.59 Å². The van der Waals surface area contributed by atoms with Crippen molar-refractivity contribution in [3.05, 3.63) is 10.1 Å². The molecule has 1 amide bonds. The van der Waals surface area contributed by atoms with Gasteiger partial charge in [0.1, 0.15) is 5.60 Å². The average molecular weight is 332 g/mol. The van der Waals surface area contributed by atoms with Gasteiger partial charge >= 0.3 is 12.1 Å². The number of fused-ring (bicyclic) bond motifs is 2. The van der Waals surface area contributed by atoms with Gasteiger partial charge in [-0.3, -0.25) is 4.90 Å². The number of methoxy groups -OCH3 is 1. The van der Waals surface area contributed by atoms with Gasteiger partial charge in [-0.05, 0) is 33.6 Å². The van der Waals surface area contributed by atoms with Gasteiger partial charge in [0.2, 0.25) is 0 Å². The van der Waals surface area contributed by atoms with Crippen molar-refractivity contribution in [1.29, 1.82) is 0 Å². The Kier molecular flexibility index (Phi) is 3.64. The van der Waals surface area contributed by atoms with E-state index >= 15 is 0 Å². The number of nitrogens with zero attached hydrogens (tertiary/aromatic N) is 1. The van der Waals surface area contributed by atoms with Crippen molar-refractivity contribution in [3.8, 4) is 0 Å². The lowest BCUT2D eigenvalue weighted by atomic mass is 9.99. The number of hydrogen-bond donors (Lipinski definition) is 0. The second kappa shape index (κ2) is 4.81. The molecule has 2 aliphatic heterocycles. The Morgan fingerprint density at radius 3 is 2.37 bits per heavy atom. The van der Waals surface area contributed by atoms with Crippen molar-refractivity contribution in [1.82, 2.24) is 4.90 Å². The summed E-state index contributed by atoms with van der Waals surface area (Å²) in [6.07, 6.45) is 1.23. The van der Waals surface area contributed by atoms with Crippen LogP contribution >= 0.6 is 15.9 Å². The Balaban J connectivity index is 2.21. The topological polar surface area (TPSA) is 55.8 Å². The predicted octanol–water partition coefficient (Wildman–Crippen LogP) is 2.59. The number of hydrogen-bond acceptors (Lipinski definition) is 4. The third-order valence-corrected chi connectivity index (χ3v) is 4.23. The van der Waals surface area contributed by atoms with Gasteiger partial charge < -0.3 is 9.47 Å². The third kappa shape index (κ3) is 2.50. The normalized spacial score (nSPS) is 25.8. The molecule has 106 valence electrons. The van der Waals surface area contributed by atoms with Crippen LogP contribution < -0.4 is 0 Å². The van der Waals surface area contributed by atoms with Crippen LogP contribution in [0.25, 0.3) is 0 Å². The summed E-state index contributed by atoms with van der Waals surface area (Å²) >= 11 is 3.42. The third-order valence-electron chi connectivity index (χ3n) is 3.28. The summed E-state index contributed by atoms with van der Waals surface area (Å²) in [5, 5.41) is 0. The van der Waals surface area contributed by atoms with Gasteiger partial charge in [-0.1, -0.05) is 15.9 Å².